The van der Waals surface area contributed by atoms with Gasteiger partial charge in [-0.2, -0.15) is 0 Å². The largest absolute Gasteiger partial charge is 0.482 e. The molecule has 0 unspecified atom stereocenters. The van der Waals surface area contributed by atoms with E-state index < -0.39 is 18.5 Å². The fourth-order valence-corrected chi connectivity index (χ4v) is 2.20. The number of nitrogens with one attached hydrogen (secondary N) is 1. The third-order valence-electron chi connectivity index (χ3n) is 3.23. The highest BCUT2D eigenvalue weighted by Gasteiger charge is 2.11. The standard InChI is InChI=1S/C18H18ClNO4/c1-12-6-8-14(9-7-12)23-11-17(22)24-10-16(21)20-18-13(2)4-3-5-15(18)19/h3-9H,10-11H2,1-2H3,(H,20,21). The van der Waals surface area contributed by atoms with Crippen LogP contribution in [0.4, 0.5) is 5.69 Å². The van der Waals surface area contributed by atoms with Crippen LogP contribution in [0.25, 0.3) is 0 Å². The van der Waals surface area contributed by atoms with E-state index in [9.17, 15) is 9.59 Å². The highest BCUT2D eigenvalue weighted by molar-refractivity contribution is 6.33. The van der Waals surface area contributed by atoms with Gasteiger partial charge in [-0.15, -0.1) is 0 Å². The summed E-state index contributed by atoms with van der Waals surface area (Å²) in [6, 6.07) is 12.6. The van der Waals surface area contributed by atoms with Crippen molar-refractivity contribution in [3.63, 3.8) is 0 Å². The molecular weight excluding hydrogens is 330 g/mol. The van der Waals surface area contributed by atoms with Crippen molar-refractivity contribution in [2.24, 2.45) is 0 Å². The average Bonchev–Trinajstić information content (AvgIpc) is 2.56. The Bertz CT molecular complexity index is 708. The molecule has 0 saturated heterocycles. The first kappa shape index (κ1) is 17.8. The summed E-state index contributed by atoms with van der Waals surface area (Å²) in [6.07, 6.45) is 0. The molecule has 0 heterocycles. The lowest BCUT2D eigenvalue weighted by atomic mass is 10.2. The fourth-order valence-electron chi connectivity index (χ4n) is 1.93. The maximum Gasteiger partial charge on any atom is 0.344 e. The second-order valence-electron chi connectivity index (χ2n) is 5.24. The van der Waals surface area contributed by atoms with Crippen LogP contribution in [0.2, 0.25) is 5.02 Å². The van der Waals surface area contributed by atoms with Gasteiger partial charge in [0.2, 0.25) is 0 Å². The third-order valence-corrected chi connectivity index (χ3v) is 3.54. The van der Waals surface area contributed by atoms with E-state index in [1.807, 2.05) is 32.0 Å². The van der Waals surface area contributed by atoms with E-state index in [1.165, 1.54) is 0 Å². The smallest absolute Gasteiger partial charge is 0.344 e. The molecule has 0 saturated carbocycles. The molecule has 0 aromatic heterocycles. The van der Waals surface area contributed by atoms with Gasteiger partial charge < -0.3 is 14.8 Å². The van der Waals surface area contributed by atoms with Gasteiger partial charge in [0.05, 0.1) is 10.7 Å². The summed E-state index contributed by atoms with van der Waals surface area (Å²) in [7, 11) is 0. The molecule has 0 radical (unpaired) electrons. The summed E-state index contributed by atoms with van der Waals surface area (Å²) < 4.78 is 10.2. The van der Waals surface area contributed by atoms with E-state index in [4.69, 9.17) is 21.1 Å². The minimum absolute atomic E-state index is 0.262. The van der Waals surface area contributed by atoms with Crippen molar-refractivity contribution in [1.82, 2.24) is 0 Å². The Kier molecular flexibility index (Phi) is 6.21. The zero-order valence-corrected chi connectivity index (χ0v) is 14.2. The van der Waals surface area contributed by atoms with Gasteiger partial charge in [-0.25, -0.2) is 4.79 Å². The number of carbonyl (C=O) groups is 2. The number of hydrogen-bond donors (Lipinski definition) is 1. The summed E-state index contributed by atoms with van der Waals surface area (Å²) in [6.45, 7) is 3.11. The van der Waals surface area contributed by atoms with Crippen LogP contribution >= 0.6 is 11.6 Å². The lowest BCUT2D eigenvalue weighted by molar-refractivity contribution is -0.149. The number of esters is 1. The molecule has 2 aromatic carbocycles. The monoisotopic (exact) mass is 347 g/mol. The number of anilines is 1. The molecule has 126 valence electrons. The first-order chi connectivity index (χ1) is 11.5. The van der Waals surface area contributed by atoms with E-state index in [1.54, 1.807) is 24.3 Å². The van der Waals surface area contributed by atoms with Gasteiger partial charge in [-0.05, 0) is 37.6 Å². The molecule has 0 bridgehead atoms. The van der Waals surface area contributed by atoms with Crippen molar-refractivity contribution in [2.75, 3.05) is 18.5 Å². The van der Waals surface area contributed by atoms with Crippen LogP contribution in [0.3, 0.4) is 0 Å². The topological polar surface area (TPSA) is 64.6 Å². The first-order valence-electron chi connectivity index (χ1n) is 7.36. The van der Waals surface area contributed by atoms with Crippen molar-refractivity contribution in [2.45, 2.75) is 13.8 Å². The normalized spacial score (nSPS) is 10.1. The molecule has 6 heteroatoms. The van der Waals surface area contributed by atoms with Crippen LogP contribution in [-0.4, -0.2) is 25.1 Å². The molecule has 5 nitrogen and oxygen atoms in total. The molecule has 0 atom stereocenters. The summed E-state index contributed by atoms with van der Waals surface area (Å²) >= 11 is 6.02. The first-order valence-corrected chi connectivity index (χ1v) is 7.73. The number of para-hydroxylation sites is 1. The highest BCUT2D eigenvalue weighted by atomic mass is 35.5. The van der Waals surface area contributed by atoms with E-state index in [2.05, 4.69) is 5.32 Å². The van der Waals surface area contributed by atoms with Gasteiger partial charge in [0, 0.05) is 0 Å². The van der Waals surface area contributed by atoms with Crippen LogP contribution in [-0.2, 0) is 14.3 Å². The molecule has 0 fully saturated rings. The third kappa shape index (κ3) is 5.28. The van der Waals surface area contributed by atoms with Crippen LogP contribution in [0.1, 0.15) is 11.1 Å². The van der Waals surface area contributed by atoms with Gasteiger partial charge in [-0.1, -0.05) is 41.4 Å². The van der Waals surface area contributed by atoms with Crippen molar-refractivity contribution in [3.8, 4) is 5.75 Å². The molecule has 1 amide bonds. The molecule has 0 aliphatic rings. The van der Waals surface area contributed by atoms with Crippen LogP contribution in [0.15, 0.2) is 42.5 Å². The molecule has 0 spiro atoms. The maximum absolute atomic E-state index is 11.8. The Hall–Kier alpha value is -2.53. The zero-order chi connectivity index (χ0) is 17.5. The minimum atomic E-state index is -0.624. The number of rotatable bonds is 6. The predicted octanol–water partition coefficient (Wildman–Crippen LogP) is 3.52. The van der Waals surface area contributed by atoms with Gasteiger partial charge >= 0.3 is 5.97 Å². The Morgan fingerprint density at radius 3 is 2.42 bits per heavy atom. The van der Waals surface area contributed by atoms with Gasteiger partial charge in [-0.3, -0.25) is 4.79 Å². The summed E-state index contributed by atoms with van der Waals surface area (Å²) in [4.78, 5) is 23.5. The molecule has 24 heavy (non-hydrogen) atoms. The second-order valence-corrected chi connectivity index (χ2v) is 5.65. The van der Waals surface area contributed by atoms with E-state index in [-0.39, 0.29) is 6.61 Å². The summed E-state index contributed by atoms with van der Waals surface area (Å²) in [5, 5.41) is 3.05. The maximum atomic E-state index is 11.8. The number of aryl methyl sites for hydroxylation is 2. The van der Waals surface area contributed by atoms with Gasteiger partial charge in [0.1, 0.15) is 5.75 Å². The Balaban J connectivity index is 1.77. The van der Waals surface area contributed by atoms with E-state index in [0.29, 0.717) is 16.5 Å². The van der Waals surface area contributed by atoms with Crippen LogP contribution in [0, 0.1) is 13.8 Å². The number of amides is 1. The number of ether oxygens (including phenoxy) is 2. The molecule has 0 aliphatic heterocycles. The van der Waals surface area contributed by atoms with Crippen LogP contribution in [0.5, 0.6) is 5.75 Å². The number of halogens is 1. The zero-order valence-electron chi connectivity index (χ0n) is 13.5. The average molecular weight is 348 g/mol. The Morgan fingerprint density at radius 2 is 1.75 bits per heavy atom. The molecule has 1 N–H and O–H groups in total. The van der Waals surface area contributed by atoms with Gasteiger partial charge in [0.25, 0.3) is 5.91 Å². The Morgan fingerprint density at radius 1 is 1.04 bits per heavy atom. The number of benzene rings is 2. The SMILES string of the molecule is Cc1ccc(OCC(=O)OCC(=O)Nc2c(C)cccc2Cl)cc1. The lowest BCUT2D eigenvalue weighted by Gasteiger charge is -2.11. The van der Waals surface area contributed by atoms with Crippen molar-refractivity contribution in [1.29, 1.82) is 0 Å². The lowest BCUT2D eigenvalue weighted by Crippen LogP contribution is -2.24. The molecule has 2 aromatic rings. The number of carbonyl (C=O) groups excluding carboxylic acids is 2. The molecule has 2 rings (SSSR count). The fraction of sp³-hybridized carbons (Fsp3) is 0.222. The van der Waals surface area contributed by atoms with Crippen LogP contribution < -0.4 is 10.1 Å². The quantitative estimate of drug-likeness (QED) is 0.812. The molecule has 0 aliphatic carbocycles. The second kappa shape index (κ2) is 8.36. The van der Waals surface area contributed by atoms with E-state index >= 15 is 0 Å². The summed E-state index contributed by atoms with van der Waals surface area (Å²) in [5.41, 5.74) is 2.43. The number of hydrogen-bond acceptors (Lipinski definition) is 4. The highest BCUT2D eigenvalue weighted by Crippen LogP contribution is 2.24. The van der Waals surface area contributed by atoms with Gasteiger partial charge in [0.15, 0.2) is 13.2 Å². The van der Waals surface area contributed by atoms with E-state index in [0.717, 1.165) is 11.1 Å². The van der Waals surface area contributed by atoms with Crippen molar-refractivity contribution < 1.29 is 19.1 Å². The minimum Gasteiger partial charge on any atom is -0.482 e. The predicted molar refractivity (Wildman–Crippen MR) is 92.5 cm³/mol. The van der Waals surface area contributed by atoms with Crippen molar-refractivity contribution >= 4 is 29.2 Å². The summed E-state index contributed by atoms with van der Waals surface area (Å²) in [5.74, 6) is -0.523. The Labute approximate surface area is 145 Å². The van der Waals surface area contributed by atoms with Crippen molar-refractivity contribution in [3.05, 3.63) is 58.6 Å². The molecular formula is C18H18ClNO4.